The molecule has 1 aromatic heterocycles. The van der Waals surface area contributed by atoms with Crippen molar-refractivity contribution >= 4 is 16.7 Å². The number of benzene rings is 2. The second-order valence-corrected chi connectivity index (χ2v) is 4.66. The van der Waals surface area contributed by atoms with Gasteiger partial charge in [-0.05, 0) is 42.5 Å². The molecular formula is C16H17N3O. The number of nitrogens with two attached hydrogens (primary N) is 1. The minimum atomic E-state index is 0.736. The van der Waals surface area contributed by atoms with E-state index in [-0.39, 0.29) is 0 Å². The van der Waals surface area contributed by atoms with Crippen molar-refractivity contribution in [2.75, 3.05) is 12.8 Å². The van der Waals surface area contributed by atoms with Crippen molar-refractivity contribution in [3.05, 3.63) is 48.3 Å². The van der Waals surface area contributed by atoms with Crippen LogP contribution in [0.3, 0.4) is 0 Å². The fourth-order valence-corrected chi connectivity index (χ4v) is 2.40. The van der Waals surface area contributed by atoms with Crippen molar-refractivity contribution in [2.45, 2.75) is 13.3 Å². The number of ether oxygens (including phenoxy) is 1. The number of nitrogens with zero attached hydrogens (tertiary/aromatic N) is 2. The van der Waals surface area contributed by atoms with E-state index in [1.54, 1.807) is 7.11 Å². The molecule has 2 aromatic carbocycles. The van der Waals surface area contributed by atoms with Crippen LogP contribution in [0.25, 0.3) is 16.7 Å². The van der Waals surface area contributed by atoms with E-state index in [0.29, 0.717) is 0 Å². The Labute approximate surface area is 117 Å². The monoisotopic (exact) mass is 267 g/mol. The Morgan fingerprint density at radius 1 is 1.15 bits per heavy atom. The Bertz CT molecular complexity index is 744. The second-order valence-electron chi connectivity index (χ2n) is 4.66. The van der Waals surface area contributed by atoms with Crippen LogP contribution in [0.4, 0.5) is 5.69 Å². The fraction of sp³-hybridized carbons (Fsp3) is 0.188. The molecule has 1 heterocycles. The van der Waals surface area contributed by atoms with Crippen molar-refractivity contribution in [3.63, 3.8) is 0 Å². The van der Waals surface area contributed by atoms with E-state index in [1.807, 2.05) is 42.5 Å². The quantitative estimate of drug-likeness (QED) is 0.741. The Hall–Kier alpha value is -2.49. The molecule has 0 amide bonds. The molecule has 0 fully saturated rings. The van der Waals surface area contributed by atoms with Crippen LogP contribution < -0.4 is 10.5 Å². The highest BCUT2D eigenvalue weighted by Gasteiger charge is 2.11. The van der Waals surface area contributed by atoms with Gasteiger partial charge in [-0.15, -0.1) is 0 Å². The lowest BCUT2D eigenvalue weighted by molar-refractivity contribution is 0.414. The first-order valence-corrected chi connectivity index (χ1v) is 6.64. The van der Waals surface area contributed by atoms with E-state index < -0.39 is 0 Å². The maximum absolute atomic E-state index is 5.84. The van der Waals surface area contributed by atoms with E-state index in [2.05, 4.69) is 16.5 Å². The van der Waals surface area contributed by atoms with Crippen LogP contribution in [-0.2, 0) is 6.42 Å². The highest BCUT2D eigenvalue weighted by Crippen LogP contribution is 2.25. The van der Waals surface area contributed by atoms with Gasteiger partial charge in [0.15, 0.2) is 0 Å². The van der Waals surface area contributed by atoms with E-state index >= 15 is 0 Å². The summed E-state index contributed by atoms with van der Waals surface area (Å²) < 4.78 is 7.37. The lowest BCUT2D eigenvalue weighted by Crippen LogP contribution is -2.00. The number of imidazole rings is 1. The molecule has 20 heavy (non-hydrogen) atoms. The molecule has 0 bridgehead atoms. The van der Waals surface area contributed by atoms with Gasteiger partial charge in [0.05, 0.1) is 18.1 Å². The summed E-state index contributed by atoms with van der Waals surface area (Å²) in [5.74, 6) is 1.87. The molecule has 3 rings (SSSR count). The van der Waals surface area contributed by atoms with Crippen molar-refractivity contribution in [3.8, 4) is 11.4 Å². The van der Waals surface area contributed by atoms with Crippen LogP contribution in [0.1, 0.15) is 12.7 Å². The molecule has 3 aromatic rings. The molecule has 0 atom stereocenters. The summed E-state index contributed by atoms with van der Waals surface area (Å²) in [6.45, 7) is 2.10. The Morgan fingerprint density at radius 2 is 1.90 bits per heavy atom. The summed E-state index contributed by atoms with van der Waals surface area (Å²) in [6, 6.07) is 13.8. The number of rotatable bonds is 3. The van der Waals surface area contributed by atoms with Crippen LogP contribution in [-0.4, -0.2) is 16.7 Å². The third kappa shape index (κ3) is 1.99. The Kier molecular flexibility index (Phi) is 3.06. The van der Waals surface area contributed by atoms with Gasteiger partial charge in [0, 0.05) is 17.8 Å². The van der Waals surface area contributed by atoms with Gasteiger partial charge in [-0.2, -0.15) is 0 Å². The minimum Gasteiger partial charge on any atom is -0.497 e. The zero-order chi connectivity index (χ0) is 14.1. The molecule has 0 radical (unpaired) electrons. The summed E-state index contributed by atoms with van der Waals surface area (Å²) in [5, 5.41) is 0. The molecule has 0 aliphatic carbocycles. The molecule has 4 heteroatoms. The third-order valence-corrected chi connectivity index (χ3v) is 3.39. The molecule has 0 saturated heterocycles. The summed E-state index contributed by atoms with van der Waals surface area (Å²) >= 11 is 0. The van der Waals surface area contributed by atoms with Gasteiger partial charge in [-0.3, -0.25) is 4.57 Å². The molecular weight excluding hydrogens is 250 g/mol. The van der Waals surface area contributed by atoms with Gasteiger partial charge in [-0.25, -0.2) is 4.98 Å². The van der Waals surface area contributed by atoms with Crippen molar-refractivity contribution in [2.24, 2.45) is 0 Å². The van der Waals surface area contributed by atoms with Crippen molar-refractivity contribution in [1.29, 1.82) is 0 Å². The maximum Gasteiger partial charge on any atom is 0.119 e. The SMILES string of the molecule is CCc1nc2cc(N)ccc2n1-c1ccc(OC)cc1. The number of methoxy groups -OCH3 is 1. The lowest BCUT2D eigenvalue weighted by atomic mass is 10.2. The summed E-state index contributed by atoms with van der Waals surface area (Å²) in [7, 11) is 1.67. The van der Waals surface area contributed by atoms with E-state index in [9.17, 15) is 0 Å². The van der Waals surface area contributed by atoms with Crippen molar-refractivity contribution < 1.29 is 4.74 Å². The standard InChI is InChI=1S/C16H17N3O/c1-3-16-18-14-10-11(17)4-9-15(14)19(16)12-5-7-13(20-2)8-6-12/h4-10H,3,17H2,1-2H3. The summed E-state index contributed by atoms with van der Waals surface area (Å²) in [5.41, 5.74) is 9.65. The zero-order valence-electron chi connectivity index (χ0n) is 11.6. The van der Waals surface area contributed by atoms with Crippen LogP contribution in [0, 0.1) is 0 Å². The van der Waals surface area contributed by atoms with E-state index in [0.717, 1.165) is 40.4 Å². The van der Waals surface area contributed by atoms with Gasteiger partial charge in [0.25, 0.3) is 0 Å². The molecule has 4 nitrogen and oxygen atoms in total. The lowest BCUT2D eigenvalue weighted by Gasteiger charge is -2.09. The fourth-order valence-electron chi connectivity index (χ4n) is 2.40. The van der Waals surface area contributed by atoms with Crippen LogP contribution >= 0.6 is 0 Å². The molecule has 0 saturated carbocycles. The average molecular weight is 267 g/mol. The molecule has 0 unspecified atom stereocenters. The molecule has 0 aliphatic heterocycles. The number of hydrogen-bond donors (Lipinski definition) is 1. The zero-order valence-corrected chi connectivity index (χ0v) is 11.6. The normalized spacial score (nSPS) is 10.9. The molecule has 0 aliphatic rings. The first-order valence-electron chi connectivity index (χ1n) is 6.64. The average Bonchev–Trinajstić information content (AvgIpc) is 2.84. The molecule has 2 N–H and O–H groups in total. The number of fused-ring (bicyclic) bond motifs is 1. The number of hydrogen-bond acceptors (Lipinski definition) is 3. The minimum absolute atomic E-state index is 0.736. The van der Waals surface area contributed by atoms with Crippen molar-refractivity contribution in [1.82, 2.24) is 9.55 Å². The topological polar surface area (TPSA) is 53.1 Å². The smallest absolute Gasteiger partial charge is 0.119 e. The van der Waals surface area contributed by atoms with Crippen LogP contribution in [0.15, 0.2) is 42.5 Å². The maximum atomic E-state index is 5.84. The summed E-state index contributed by atoms with van der Waals surface area (Å²) in [4.78, 5) is 4.66. The van der Waals surface area contributed by atoms with Gasteiger partial charge < -0.3 is 10.5 Å². The van der Waals surface area contributed by atoms with Crippen LogP contribution in [0.5, 0.6) is 5.75 Å². The van der Waals surface area contributed by atoms with Gasteiger partial charge in [-0.1, -0.05) is 6.92 Å². The highest BCUT2D eigenvalue weighted by molar-refractivity contribution is 5.81. The number of aryl methyl sites for hydroxylation is 1. The number of aromatic nitrogens is 2. The summed E-state index contributed by atoms with van der Waals surface area (Å²) in [6.07, 6.45) is 0.862. The predicted molar refractivity (Wildman–Crippen MR) is 81.4 cm³/mol. The third-order valence-electron chi connectivity index (χ3n) is 3.39. The van der Waals surface area contributed by atoms with Gasteiger partial charge >= 0.3 is 0 Å². The highest BCUT2D eigenvalue weighted by atomic mass is 16.5. The van der Waals surface area contributed by atoms with Gasteiger partial charge in [0.1, 0.15) is 11.6 Å². The molecule has 102 valence electrons. The van der Waals surface area contributed by atoms with Gasteiger partial charge in [0.2, 0.25) is 0 Å². The largest absolute Gasteiger partial charge is 0.497 e. The van der Waals surface area contributed by atoms with Crippen LogP contribution in [0.2, 0.25) is 0 Å². The predicted octanol–water partition coefficient (Wildman–Crippen LogP) is 3.18. The molecule has 0 spiro atoms. The number of nitrogen functional groups attached to an aromatic ring is 1. The Morgan fingerprint density at radius 3 is 2.55 bits per heavy atom. The number of anilines is 1. The second kappa shape index (κ2) is 4.89. The van der Waals surface area contributed by atoms with E-state index in [4.69, 9.17) is 10.5 Å². The first-order chi connectivity index (χ1) is 9.72. The first kappa shape index (κ1) is 12.5. The van der Waals surface area contributed by atoms with E-state index in [1.165, 1.54) is 0 Å². The Balaban J connectivity index is 2.22.